The van der Waals surface area contributed by atoms with Gasteiger partial charge in [-0.05, 0) is 43.7 Å². The summed E-state index contributed by atoms with van der Waals surface area (Å²) in [5, 5.41) is 14.1. The first kappa shape index (κ1) is 20.1. The van der Waals surface area contributed by atoms with Crippen molar-refractivity contribution in [3.63, 3.8) is 0 Å². The molecule has 2 amide bonds. The van der Waals surface area contributed by atoms with Gasteiger partial charge in [-0.3, -0.25) is 9.69 Å². The van der Waals surface area contributed by atoms with Crippen molar-refractivity contribution in [3.05, 3.63) is 22.4 Å². The molecule has 1 aliphatic heterocycles. The summed E-state index contributed by atoms with van der Waals surface area (Å²) in [6.07, 6.45) is 3.79. The smallest absolute Gasteiger partial charge is 0.318 e. The quantitative estimate of drug-likeness (QED) is 0.671. The first-order valence-corrected chi connectivity index (χ1v) is 10.6. The Morgan fingerprint density at radius 3 is 2.81 bits per heavy atom. The maximum absolute atomic E-state index is 12.8. The predicted octanol–water partition coefficient (Wildman–Crippen LogP) is 2.38. The molecule has 0 spiro atoms. The second kappa shape index (κ2) is 9.52. The summed E-state index contributed by atoms with van der Waals surface area (Å²) in [6, 6.07) is 4.34. The maximum Gasteiger partial charge on any atom is 0.318 e. The number of ether oxygens (including phenoxy) is 1. The number of aliphatic carboxylic acids is 1. The molecule has 1 unspecified atom stereocenters. The highest BCUT2D eigenvalue weighted by Crippen LogP contribution is 2.26. The summed E-state index contributed by atoms with van der Waals surface area (Å²) < 4.78 is 5.72. The lowest BCUT2D eigenvalue weighted by molar-refractivity contribution is -0.139. The largest absolute Gasteiger partial charge is 0.480 e. The zero-order chi connectivity index (χ0) is 19.2. The monoisotopic (exact) mass is 395 g/mol. The van der Waals surface area contributed by atoms with E-state index in [0.717, 1.165) is 37.2 Å². The molecule has 0 radical (unpaired) electrons. The number of urea groups is 1. The van der Waals surface area contributed by atoms with Gasteiger partial charge in [-0.1, -0.05) is 13.0 Å². The summed E-state index contributed by atoms with van der Waals surface area (Å²) in [5.41, 5.74) is 0. The average molecular weight is 396 g/mol. The molecule has 2 fully saturated rings. The van der Waals surface area contributed by atoms with Gasteiger partial charge in [-0.15, -0.1) is 11.3 Å². The van der Waals surface area contributed by atoms with E-state index in [9.17, 15) is 9.59 Å². The molecule has 2 heterocycles. The molecular weight excluding hydrogens is 366 g/mol. The summed E-state index contributed by atoms with van der Waals surface area (Å²) in [5.74, 6) is -0.803. The number of carboxylic acid groups (broad SMARTS) is 1. The zero-order valence-corrected chi connectivity index (χ0v) is 16.6. The minimum Gasteiger partial charge on any atom is -0.480 e. The second-order valence-corrected chi connectivity index (χ2v) is 8.36. The van der Waals surface area contributed by atoms with E-state index in [2.05, 4.69) is 5.32 Å². The van der Waals surface area contributed by atoms with Crippen molar-refractivity contribution < 1.29 is 19.4 Å². The Hall–Kier alpha value is -1.64. The first-order chi connectivity index (χ1) is 13.0. The number of amides is 2. The Morgan fingerprint density at radius 2 is 2.22 bits per heavy atom. The Balaban J connectivity index is 1.51. The van der Waals surface area contributed by atoms with Crippen LogP contribution in [-0.4, -0.2) is 71.3 Å². The van der Waals surface area contributed by atoms with Crippen LogP contribution in [0.3, 0.4) is 0 Å². The third kappa shape index (κ3) is 5.67. The van der Waals surface area contributed by atoms with Crippen LogP contribution in [0.25, 0.3) is 0 Å². The highest BCUT2D eigenvalue weighted by atomic mass is 32.1. The molecule has 0 bridgehead atoms. The van der Waals surface area contributed by atoms with Gasteiger partial charge in [0.25, 0.3) is 0 Å². The summed E-state index contributed by atoms with van der Waals surface area (Å²) in [6.45, 7) is 4.73. The number of rotatable bonds is 9. The molecule has 3 rings (SSSR count). The van der Waals surface area contributed by atoms with Gasteiger partial charge in [0, 0.05) is 30.1 Å². The molecule has 1 aromatic heterocycles. The van der Waals surface area contributed by atoms with Crippen LogP contribution in [0.1, 0.15) is 37.5 Å². The van der Waals surface area contributed by atoms with E-state index in [1.807, 2.05) is 34.2 Å². The van der Waals surface area contributed by atoms with Gasteiger partial charge in [-0.2, -0.15) is 0 Å². The normalized spacial score (nSPS) is 24.6. The SMILES string of the molecule is CCN(CC(=O)O)C1CC(NC(=O)N(Cc2cccs2)CC2CCCO2)C1. The third-order valence-electron chi connectivity index (χ3n) is 5.36. The highest BCUT2D eigenvalue weighted by molar-refractivity contribution is 7.09. The van der Waals surface area contributed by atoms with Crippen LogP contribution < -0.4 is 5.32 Å². The van der Waals surface area contributed by atoms with Gasteiger partial charge < -0.3 is 20.1 Å². The fourth-order valence-corrected chi connectivity index (χ4v) is 4.51. The van der Waals surface area contributed by atoms with Crippen LogP contribution >= 0.6 is 11.3 Å². The molecule has 7 nitrogen and oxygen atoms in total. The van der Waals surface area contributed by atoms with Crippen molar-refractivity contribution >= 4 is 23.3 Å². The number of nitrogens with zero attached hydrogens (tertiary/aromatic N) is 2. The number of likely N-dealkylation sites (N-methyl/N-ethyl adjacent to an activating group) is 1. The van der Waals surface area contributed by atoms with E-state index in [0.29, 0.717) is 19.6 Å². The van der Waals surface area contributed by atoms with Crippen LogP contribution in [0.5, 0.6) is 0 Å². The zero-order valence-electron chi connectivity index (χ0n) is 15.8. The molecule has 1 saturated heterocycles. The van der Waals surface area contributed by atoms with Crippen molar-refractivity contribution in [1.29, 1.82) is 0 Å². The molecule has 2 aliphatic rings. The number of nitrogens with one attached hydrogen (secondary N) is 1. The van der Waals surface area contributed by atoms with Crippen LogP contribution in [0.2, 0.25) is 0 Å². The van der Waals surface area contributed by atoms with E-state index in [1.54, 1.807) is 11.3 Å². The van der Waals surface area contributed by atoms with Gasteiger partial charge in [0.15, 0.2) is 0 Å². The molecule has 27 heavy (non-hydrogen) atoms. The van der Waals surface area contributed by atoms with E-state index in [-0.39, 0.29) is 30.8 Å². The van der Waals surface area contributed by atoms with Crippen LogP contribution in [-0.2, 0) is 16.1 Å². The predicted molar refractivity (Wildman–Crippen MR) is 104 cm³/mol. The van der Waals surface area contributed by atoms with Crippen molar-refractivity contribution in [2.75, 3.05) is 26.2 Å². The molecule has 0 aromatic carbocycles. The average Bonchev–Trinajstić information content (AvgIpc) is 3.29. The number of carbonyl (C=O) groups is 2. The molecule has 1 atom stereocenters. The molecule has 2 N–H and O–H groups in total. The molecular formula is C19H29N3O4S. The third-order valence-corrected chi connectivity index (χ3v) is 6.22. The number of hydrogen-bond acceptors (Lipinski definition) is 5. The molecule has 1 aromatic rings. The van der Waals surface area contributed by atoms with Crippen LogP contribution in [0.15, 0.2) is 17.5 Å². The maximum atomic E-state index is 12.8. The lowest BCUT2D eigenvalue weighted by atomic mass is 9.85. The lowest BCUT2D eigenvalue weighted by Crippen LogP contribution is -2.57. The fourth-order valence-electron chi connectivity index (χ4n) is 3.79. The van der Waals surface area contributed by atoms with Crippen LogP contribution in [0, 0.1) is 0 Å². The van der Waals surface area contributed by atoms with Gasteiger partial charge in [0.05, 0.1) is 19.2 Å². The van der Waals surface area contributed by atoms with Gasteiger partial charge in [0.2, 0.25) is 0 Å². The Bertz CT molecular complexity index is 612. The lowest BCUT2D eigenvalue weighted by Gasteiger charge is -2.42. The standard InChI is InChI=1S/C19H29N3O4S/c1-2-21(13-18(23)24)15-9-14(10-15)20-19(25)22(11-16-5-3-7-26-16)12-17-6-4-8-27-17/h4,6,8,14-16H,2-3,5,7,9-13H2,1H3,(H,20,25)(H,23,24). The van der Waals surface area contributed by atoms with E-state index in [1.165, 1.54) is 0 Å². The number of carbonyl (C=O) groups excluding carboxylic acids is 1. The summed E-state index contributed by atoms with van der Waals surface area (Å²) in [7, 11) is 0. The summed E-state index contributed by atoms with van der Waals surface area (Å²) >= 11 is 1.65. The molecule has 150 valence electrons. The summed E-state index contributed by atoms with van der Waals surface area (Å²) in [4.78, 5) is 28.8. The Labute approximate surface area is 164 Å². The first-order valence-electron chi connectivity index (χ1n) is 9.70. The van der Waals surface area contributed by atoms with Crippen LogP contribution in [0.4, 0.5) is 4.79 Å². The van der Waals surface area contributed by atoms with E-state index < -0.39 is 5.97 Å². The van der Waals surface area contributed by atoms with Gasteiger partial charge in [-0.25, -0.2) is 4.79 Å². The van der Waals surface area contributed by atoms with E-state index >= 15 is 0 Å². The second-order valence-electron chi connectivity index (χ2n) is 7.32. The van der Waals surface area contributed by atoms with Crippen molar-refractivity contribution in [2.45, 2.75) is 57.3 Å². The van der Waals surface area contributed by atoms with Crippen molar-refractivity contribution in [2.24, 2.45) is 0 Å². The van der Waals surface area contributed by atoms with Gasteiger partial charge in [0.1, 0.15) is 0 Å². The van der Waals surface area contributed by atoms with Crippen molar-refractivity contribution in [3.8, 4) is 0 Å². The molecule has 8 heteroatoms. The van der Waals surface area contributed by atoms with Crippen molar-refractivity contribution in [1.82, 2.24) is 15.1 Å². The topological polar surface area (TPSA) is 82.1 Å². The molecule has 1 aliphatic carbocycles. The Kier molecular flexibility index (Phi) is 7.09. The minimum absolute atomic E-state index is 0.0522. The number of carboxylic acids is 1. The highest BCUT2D eigenvalue weighted by Gasteiger charge is 2.35. The minimum atomic E-state index is -0.803. The number of hydrogen-bond donors (Lipinski definition) is 2. The van der Waals surface area contributed by atoms with Gasteiger partial charge >= 0.3 is 12.0 Å². The Morgan fingerprint density at radius 1 is 1.41 bits per heavy atom. The fraction of sp³-hybridized carbons (Fsp3) is 0.684. The van der Waals surface area contributed by atoms with E-state index in [4.69, 9.17) is 9.84 Å². The molecule has 1 saturated carbocycles. The number of thiophene rings is 1.